The molecule has 166 valence electrons. The van der Waals surface area contributed by atoms with Gasteiger partial charge in [0.15, 0.2) is 16.4 Å². The number of nitrogens with one attached hydrogen (secondary N) is 1. The van der Waals surface area contributed by atoms with Crippen LogP contribution in [-0.4, -0.2) is 57.1 Å². The third-order valence-corrected chi connectivity index (χ3v) is 5.83. The van der Waals surface area contributed by atoms with E-state index in [4.69, 9.17) is 16.3 Å². The predicted molar refractivity (Wildman–Crippen MR) is 117 cm³/mol. The molecule has 0 atom stereocenters. The van der Waals surface area contributed by atoms with E-state index in [9.17, 15) is 22.8 Å². The van der Waals surface area contributed by atoms with Crippen molar-refractivity contribution < 1.29 is 27.5 Å². The molecule has 0 fully saturated rings. The molecule has 0 aliphatic heterocycles. The zero-order valence-corrected chi connectivity index (χ0v) is 18.9. The number of rotatable bonds is 8. The van der Waals surface area contributed by atoms with Gasteiger partial charge in [0.05, 0.1) is 15.5 Å². The van der Waals surface area contributed by atoms with Gasteiger partial charge in [0.25, 0.3) is 11.8 Å². The molecule has 8 nitrogen and oxygen atoms in total. The number of carbonyl (C=O) groups excluding carboxylic acids is 3. The Labute approximate surface area is 186 Å². The Morgan fingerprint density at radius 3 is 2.19 bits per heavy atom. The first-order valence-electron chi connectivity index (χ1n) is 9.42. The van der Waals surface area contributed by atoms with Crippen LogP contribution < -0.4 is 5.32 Å². The van der Waals surface area contributed by atoms with Crippen molar-refractivity contribution in [2.75, 3.05) is 31.3 Å². The zero-order chi connectivity index (χ0) is 23.2. The molecular weight excluding hydrogens is 444 g/mol. The van der Waals surface area contributed by atoms with Crippen LogP contribution in [-0.2, 0) is 19.4 Å². The Morgan fingerprint density at radius 2 is 1.65 bits per heavy atom. The first-order valence-corrected chi connectivity index (χ1v) is 11.7. The standard InChI is InChI=1S/C21H23ClN2O6S/c1-4-24(5-2)20(26)14-6-8-15(9-7-14)23-19(25)13-30-21(27)17-12-16(31(3,28)29)10-11-18(17)22/h6-12H,4-5,13H2,1-3H3,(H,23,25). The van der Waals surface area contributed by atoms with Crippen molar-refractivity contribution in [3.05, 3.63) is 58.6 Å². The van der Waals surface area contributed by atoms with Crippen LogP contribution in [0.25, 0.3) is 0 Å². The lowest BCUT2D eigenvalue weighted by molar-refractivity contribution is -0.119. The minimum absolute atomic E-state index is 0.00580. The number of esters is 1. The van der Waals surface area contributed by atoms with Gasteiger partial charge in [-0.05, 0) is 56.3 Å². The van der Waals surface area contributed by atoms with E-state index >= 15 is 0 Å². The number of amides is 2. The molecule has 0 bridgehead atoms. The van der Waals surface area contributed by atoms with Crippen LogP contribution in [0.2, 0.25) is 5.02 Å². The van der Waals surface area contributed by atoms with Crippen LogP contribution in [0.15, 0.2) is 47.4 Å². The molecule has 0 spiro atoms. The summed E-state index contributed by atoms with van der Waals surface area (Å²) in [5.41, 5.74) is 0.763. The normalized spacial score (nSPS) is 11.0. The summed E-state index contributed by atoms with van der Waals surface area (Å²) in [6.45, 7) is 4.37. The summed E-state index contributed by atoms with van der Waals surface area (Å²) in [6.07, 6.45) is 1.000. The molecule has 2 aromatic carbocycles. The monoisotopic (exact) mass is 466 g/mol. The third-order valence-electron chi connectivity index (χ3n) is 4.39. The minimum Gasteiger partial charge on any atom is -0.452 e. The van der Waals surface area contributed by atoms with Gasteiger partial charge in [0.2, 0.25) is 0 Å². The highest BCUT2D eigenvalue weighted by Gasteiger charge is 2.18. The van der Waals surface area contributed by atoms with Gasteiger partial charge in [-0.1, -0.05) is 11.6 Å². The molecule has 0 aromatic heterocycles. The van der Waals surface area contributed by atoms with Crippen molar-refractivity contribution in [3.8, 4) is 0 Å². The lowest BCUT2D eigenvalue weighted by Crippen LogP contribution is -2.30. The second kappa shape index (κ2) is 10.4. The van der Waals surface area contributed by atoms with Gasteiger partial charge < -0.3 is 15.0 Å². The Balaban J connectivity index is 1.98. The van der Waals surface area contributed by atoms with Crippen LogP contribution in [0.1, 0.15) is 34.6 Å². The summed E-state index contributed by atoms with van der Waals surface area (Å²) in [6, 6.07) is 9.98. The molecule has 0 saturated carbocycles. The topological polar surface area (TPSA) is 110 Å². The number of sulfone groups is 1. The van der Waals surface area contributed by atoms with Crippen LogP contribution >= 0.6 is 11.6 Å². The average Bonchev–Trinajstić information content (AvgIpc) is 2.72. The number of halogens is 1. The first-order chi connectivity index (χ1) is 14.6. The molecule has 0 saturated heterocycles. The van der Waals surface area contributed by atoms with Gasteiger partial charge in [0.1, 0.15) is 0 Å². The Morgan fingerprint density at radius 1 is 1.03 bits per heavy atom. The van der Waals surface area contributed by atoms with E-state index in [1.807, 2.05) is 13.8 Å². The van der Waals surface area contributed by atoms with E-state index in [0.29, 0.717) is 24.3 Å². The molecule has 10 heteroatoms. The number of nitrogens with zero attached hydrogens (tertiary/aromatic N) is 1. The fraction of sp³-hybridized carbons (Fsp3) is 0.286. The number of carbonyl (C=O) groups is 3. The van der Waals surface area contributed by atoms with Crippen molar-refractivity contribution in [3.63, 3.8) is 0 Å². The van der Waals surface area contributed by atoms with Gasteiger partial charge >= 0.3 is 5.97 Å². The average molecular weight is 467 g/mol. The maximum atomic E-state index is 12.3. The first kappa shape index (κ1) is 24.4. The third kappa shape index (κ3) is 6.53. The summed E-state index contributed by atoms with van der Waals surface area (Å²) in [5.74, 6) is -1.64. The molecule has 31 heavy (non-hydrogen) atoms. The summed E-state index contributed by atoms with van der Waals surface area (Å²) in [7, 11) is -3.54. The van der Waals surface area contributed by atoms with Crippen molar-refractivity contribution in [2.24, 2.45) is 0 Å². The van der Waals surface area contributed by atoms with Crippen molar-refractivity contribution >= 4 is 44.9 Å². The molecule has 0 radical (unpaired) electrons. The van der Waals surface area contributed by atoms with E-state index < -0.39 is 28.3 Å². The van der Waals surface area contributed by atoms with Gasteiger partial charge in [-0.2, -0.15) is 0 Å². The van der Waals surface area contributed by atoms with E-state index in [-0.39, 0.29) is 21.4 Å². The number of benzene rings is 2. The lowest BCUT2D eigenvalue weighted by Gasteiger charge is -2.18. The van der Waals surface area contributed by atoms with Crippen molar-refractivity contribution in [1.29, 1.82) is 0 Å². The fourth-order valence-corrected chi connectivity index (χ4v) is 3.53. The van der Waals surface area contributed by atoms with E-state index in [1.165, 1.54) is 12.1 Å². The van der Waals surface area contributed by atoms with E-state index in [2.05, 4.69) is 5.32 Å². The summed E-state index contributed by atoms with van der Waals surface area (Å²) in [5, 5.41) is 2.56. The minimum atomic E-state index is -3.54. The molecule has 0 unspecified atom stereocenters. The summed E-state index contributed by atoms with van der Waals surface area (Å²) >= 11 is 5.94. The van der Waals surface area contributed by atoms with Crippen LogP contribution in [0, 0.1) is 0 Å². The Kier molecular flexibility index (Phi) is 8.18. The van der Waals surface area contributed by atoms with Crippen LogP contribution in [0.3, 0.4) is 0 Å². The lowest BCUT2D eigenvalue weighted by atomic mass is 10.2. The molecule has 2 aromatic rings. The van der Waals surface area contributed by atoms with E-state index in [0.717, 1.165) is 12.3 Å². The highest BCUT2D eigenvalue weighted by atomic mass is 35.5. The Bertz CT molecular complexity index is 1080. The highest BCUT2D eigenvalue weighted by Crippen LogP contribution is 2.21. The molecule has 2 amide bonds. The molecule has 0 aliphatic carbocycles. The maximum Gasteiger partial charge on any atom is 0.340 e. The van der Waals surface area contributed by atoms with Gasteiger partial charge in [-0.25, -0.2) is 13.2 Å². The number of anilines is 1. The smallest absolute Gasteiger partial charge is 0.340 e. The largest absolute Gasteiger partial charge is 0.452 e. The summed E-state index contributed by atoms with van der Waals surface area (Å²) in [4.78, 5) is 38.2. The zero-order valence-electron chi connectivity index (χ0n) is 17.3. The van der Waals surface area contributed by atoms with Gasteiger partial charge in [-0.3, -0.25) is 9.59 Å². The highest BCUT2D eigenvalue weighted by molar-refractivity contribution is 7.90. The number of hydrogen-bond donors (Lipinski definition) is 1. The molecule has 0 heterocycles. The maximum absolute atomic E-state index is 12.3. The van der Waals surface area contributed by atoms with Crippen LogP contribution in [0.5, 0.6) is 0 Å². The number of ether oxygens (including phenoxy) is 1. The van der Waals surface area contributed by atoms with Crippen molar-refractivity contribution in [2.45, 2.75) is 18.7 Å². The fourth-order valence-electron chi connectivity index (χ4n) is 2.69. The van der Waals surface area contributed by atoms with Crippen molar-refractivity contribution in [1.82, 2.24) is 4.90 Å². The van der Waals surface area contributed by atoms with Gasteiger partial charge in [-0.15, -0.1) is 0 Å². The second-order valence-electron chi connectivity index (χ2n) is 6.59. The van der Waals surface area contributed by atoms with E-state index in [1.54, 1.807) is 29.2 Å². The summed E-state index contributed by atoms with van der Waals surface area (Å²) < 4.78 is 28.2. The molecule has 2 rings (SSSR count). The second-order valence-corrected chi connectivity index (χ2v) is 9.02. The quantitative estimate of drug-likeness (QED) is 0.599. The Hall–Kier alpha value is -2.91. The molecule has 1 N–H and O–H groups in total. The SMILES string of the molecule is CCN(CC)C(=O)c1ccc(NC(=O)COC(=O)c2cc(S(C)(=O)=O)ccc2Cl)cc1. The number of hydrogen-bond acceptors (Lipinski definition) is 6. The molecular formula is C21H23ClN2O6S. The van der Waals surface area contributed by atoms with Crippen LogP contribution in [0.4, 0.5) is 5.69 Å². The molecule has 0 aliphatic rings. The predicted octanol–water partition coefficient (Wildman–Crippen LogP) is 3.02. The van der Waals surface area contributed by atoms with Gasteiger partial charge in [0, 0.05) is 30.6 Å².